The van der Waals surface area contributed by atoms with Crippen molar-refractivity contribution in [1.29, 1.82) is 0 Å². The zero-order valence-electron chi connectivity index (χ0n) is 13.1. The van der Waals surface area contributed by atoms with Gasteiger partial charge in [0, 0.05) is 64.3 Å². The molecule has 0 unspecified atom stereocenters. The van der Waals surface area contributed by atoms with E-state index in [2.05, 4.69) is 38.2 Å². The van der Waals surface area contributed by atoms with Crippen molar-refractivity contribution in [2.24, 2.45) is 18.9 Å². The molecule has 0 radical (unpaired) electrons. The van der Waals surface area contributed by atoms with Gasteiger partial charge in [0.05, 0.1) is 11.9 Å². The summed E-state index contributed by atoms with van der Waals surface area (Å²) in [6.45, 7) is 6.91. The summed E-state index contributed by atoms with van der Waals surface area (Å²) in [6.07, 6.45) is 6.00. The van der Waals surface area contributed by atoms with Crippen molar-refractivity contribution in [3.63, 3.8) is 0 Å². The summed E-state index contributed by atoms with van der Waals surface area (Å²) in [5.41, 5.74) is 2.52. The highest BCUT2D eigenvalue weighted by Crippen LogP contribution is 2.32. The van der Waals surface area contributed by atoms with Gasteiger partial charge in [0.25, 0.3) is 0 Å². The number of likely N-dealkylation sites (tertiary alicyclic amines) is 2. The Labute approximate surface area is 131 Å². The van der Waals surface area contributed by atoms with Gasteiger partial charge in [-0.1, -0.05) is 6.07 Å². The molecule has 116 valence electrons. The van der Waals surface area contributed by atoms with Crippen molar-refractivity contribution in [2.45, 2.75) is 13.1 Å². The second-order valence-corrected chi connectivity index (χ2v) is 6.75. The van der Waals surface area contributed by atoms with E-state index in [1.54, 1.807) is 0 Å². The standard InChI is InChI=1S/C17H23N5/c1-20-7-14(6-19-20)8-21-9-15-11-22(12-16(15)10-21)13-17-4-2-3-5-18-17/h2-7,15-16H,8-13H2,1H3/t15-,16+. The zero-order valence-corrected chi connectivity index (χ0v) is 13.1. The molecule has 0 bridgehead atoms. The number of rotatable bonds is 4. The van der Waals surface area contributed by atoms with Crippen LogP contribution in [0.3, 0.4) is 0 Å². The monoisotopic (exact) mass is 297 g/mol. The van der Waals surface area contributed by atoms with Gasteiger partial charge in [-0.25, -0.2) is 0 Å². The fourth-order valence-corrected chi connectivity index (χ4v) is 3.98. The summed E-state index contributed by atoms with van der Waals surface area (Å²) >= 11 is 0. The molecular weight excluding hydrogens is 274 g/mol. The molecule has 5 heteroatoms. The van der Waals surface area contributed by atoms with E-state index in [4.69, 9.17) is 0 Å². The highest BCUT2D eigenvalue weighted by Gasteiger charge is 2.39. The van der Waals surface area contributed by atoms with Gasteiger partial charge in [-0.3, -0.25) is 19.5 Å². The molecule has 4 rings (SSSR count). The minimum atomic E-state index is 0.820. The van der Waals surface area contributed by atoms with Gasteiger partial charge in [0.1, 0.15) is 0 Å². The number of hydrogen-bond donors (Lipinski definition) is 0. The van der Waals surface area contributed by atoms with Crippen LogP contribution < -0.4 is 0 Å². The molecule has 22 heavy (non-hydrogen) atoms. The topological polar surface area (TPSA) is 37.2 Å². The van der Waals surface area contributed by atoms with E-state index in [-0.39, 0.29) is 0 Å². The van der Waals surface area contributed by atoms with Gasteiger partial charge in [-0.05, 0) is 24.0 Å². The first-order valence-corrected chi connectivity index (χ1v) is 8.08. The molecule has 0 aromatic carbocycles. The van der Waals surface area contributed by atoms with Crippen molar-refractivity contribution < 1.29 is 0 Å². The number of nitrogens with zero attached hydrogens (tertiary/aromatic N) is 5. The Hall–Kier alpha value is -1.72. The third kappa shape index (κ3) is 2.91. The Morgan fingerprint density at radius 2 is 1.77 bits per heavy atom. The third-order valence-electron chi connectivity index (χ3n) is 4.91. The first-order valence-electron chi connectivity index (χ1n) is 8.08. The first kappa shape index (κ1) is 13.9. The van der Waals surface area contributed by atoms with Gasteiger partial charge in [-0.2, -0.15) is 5.10 Å². The van der Waals surface area contributed by atoms with E-state index in [1.165, 1.54) is 37.4 Å². The Morgan fingerprint density at radius 3 is 2.36 bits per heavy atom. The van der Waals surface area contributed by atoms with Crippen LogP contribution in [0.25, 0.3) is 0 Å². The molecule has 2 aliphatic rings. The Morgan fingerprint density at radius 1 is 1.05 bits per heavy atom. The lowest BCUT2D eigenvalue weighted by Gasteiger charge is -2.20. The molecule has 0 aliphatic carbocycles. The van der Waals surface area contributed by atoms with Crippen molar-refractivity contribution in [1.82, 2.24) is 24.6 Å². The largest absolute Gasteiger partial charge is 0.298 e. The Kier molecular flexibility index (Phi) is 3.68. The quantitative estimate of drug-likeness (QED) is 0.854. The fraction of sp³-hybridized carbons (Fsp3) is 0.529. The van der Waals surface area contributed by atoms with Crippen LogP contribution in [-0.2, 0) is 20.1 Å². The van der Waals surface area contributed by atoms with E-state index in [1.807, 2.05) is 30.2 Å². The van der Waals surface area contributed by atoms with Crippen LogP contribution in [-0.4, -0.2) is 50.7 Å². The van der Waals surface area contributed by atoms with E-state index in [0.717, 1.165) is 24.9 Å². The highest BCUT2D eigenvalue weighted by atomic mass is 15.3. The molecule has 5 nitrogen and oxygen atoms in total. The molecule has 2 fully saturated rings. The van der Waals surface area contributed by atoms with Crippen molar-refractivity contribution >= 4 is 0 Å². The maximum Gasteiger partial charge on any atom is 0.0543 e. The average molecular weight is 297 g/mol. The number of fused-ring (bicyclic) bond motifs is 1. The lowest BCUT2D eigenvalue weighted by molar-refractivity contribution is 0.245. The second-order valence-electron chi connectivity index (χ2n) is 6.75. The first-order chi connectivity index (χ1) is 10.8. The molecular formula is C17H23N5. The van der Waals surface area contributed by atoms with Crippen LogP contribution in [0.2, 0.25) is 0 Å². The Bertz CT molecular complexity index is 609. The summed E-state index contributed by atoms with van der Waals surface area (Å²) in [6, 6.07) is 6.19. The van der Waals surface area contributed by atoms with Crippen molar-refractivity contribution in [3.8, 4) is 0 Å². The number of aromatic nitrogens is 3. The second kappa shape index (κ2) is 5.82. The van der Waals surface area contributed by atoms with Crippen LogP contribution in [0.15, 0.2) is 36.8 Å². The average Bonchev–Trinajstić information content (AvgIpc) is 3.16. The van der Waals surface area contributed by atoms with Gasteiger partial charge in [0.2, 0.25) is 0 Å². The molecule has 2 atom stereocenters. The lowest BCUT2D eigenvalue weighted by Crippen LogP contribution is -2.28. The maximum absolute atomic E-state index is 4.45. The van der Waals surface area contributed by atoms with Crippen LogP contribution in [0.5, 0.6) is 0 Å². The van der Waals surface area contributed by atoms with Gasteiger partial charge in [-0.15, -0.1) is 0 Å². The summed E-state index contributed by atoms with van der Waals surface area (Å²) in [4.78, 5) is 9.60. The maximum atomic E-state index is 4.45. The summed E-state index contributed by atoms with van der Waals surface area (Å²) < 4.78 is 1.89. The molecule has 0 spiro atoms. The zero-order chi connectivity index (χ0) is 14.9. The van der Waals surface area contributed by atoms with Crippen LogP contribution >= 0.6 is 0 Å². The van der Waals surface area contributed by atoms with Crippen LogP contribution in [0, 0.1) is 11.8 Å². The van der Waals surface area contributed by atoms with Crippen molar-refractivity contribution in [3.05, 3.63) is 48.0 Å². The summed E-state index contributed by atoms with van der Waals surface area (Å²) in [7, 11) is 1.98. The van der Waals surface area contributed by atoms with E-state index >= 15 is 0 Å². The van der Waals surface area contributed by atoms with E-state index in [9.17, 15) is 0 Å². The highest BCUT2D eigenvalue weighted by molar-refractivity contribution is 5.07. The molecule has 2 aromatic heterocycles. The van der Waals surface area contributed by atoms with Gasteiger partial charge < -0.3 is 0 Å². The minimum Gasteiger partial charge on any atom is -0.298 e. The van der Waals surface area contributed by atoms with Gasteiger partial charge in [0.15, 0.2) is 0 Å². The minimum absolute atomic E-state index is 0.820. The number of hydrogen-bond acceptors (Lipinski definition) is 4. The summed E-state index contributed by atoms with van der Waals surface area (Å²) in [5.74, 6) is 1.64. The fourth-order valence-electron chi connectivity index (χ4n) is 3.98. The molecule has 4 heterocycles. The van der Waals surface area contributed by atoms with E-state index < -0.39 is 0 Å². The van der Waals surface area contributed by atoms with Crippen LogP contribution in [0.4, 0.5) is 0 Å². The normalized spacial score (nSPS) is 25.7. The SMILES string of the molecule is Cn1cc(CN2C[C@@H]3CN(Cc4ccccn4)C[C@@H]3C2)cn1. The van der Waals surface area contributed by atoms with Gasteiger partial charge >= 0.3 is 0 Å². The molecule has 0 amide bonds. The molecule has 2 aromatic rings. The third-order valence-corrected chi connectivity index (χ3v) is 4.91. The predicted molar refractivity (Wildman–Crippen MR) is 85.0 cm³/mol. The van der Waals surface area contributed by atoms with E-state index in [0.29, 0.717) is 0 Å². The Balaban J connectivity index is 1.31. The smallest absolute Gasteiger partial charge is 0.0543 e. The number of pyridine rings is 1. The molecule has 2 aliphatic heterocycles. The molecule has 0 saturated carbocycles. The molecule has 0 N–H and O–H groups in total. The van der Waals surface area contributed by atoms with Crippen LogP contribution in [0.1, 0.15) is 11.3 Å². The summed E-state index contributed by atoms with van der Waals surface area (Å²) in [5, 5.41) is 4.26. The lowest BCUT2D eigenvalue weighted by atomic mass is 10.0. The number of aryl methyl sites for hydroxylation is 1. The van der Waals surface area contributed by atoms with Crippen molar-refractivity contribution in [2.75, 3.05) is 26.2 Å². The predicted octanol–water partition coefficient (Wildman–Crippen LogP) is 1.38. The molecule has 2 saturated heterocycles.